The lowest BCUT2D eigenvalue weighted by molar-refractivity contribution is -0.121. The van der Waals surface area contributed by atoms with Gasteiger partial charge in [-0.25, -0.2) is 0 Å². The lowest BCUT2D eigenvalue weighted by Crippen LogP contribution is -2.39. The molecule has 1 aliphatic carbocycles. The van der Waals surface area contributed by atoms with Gasteiger partial charge in [0.1, 0.15) is 11.5 Å². The molecule has 2 aromatic rings. The van der Waals surface area contributed by atoms with Crippen LogP contribution in [0.1, 0.15) is 23.2 Å². The number of hydrogen-bond donors (Lipinski definition) is 1. The van der Waals surface area contributed by atoms with Crippen molar-refractivity contribution in [2.75, 3.05) is 13.6 Å². The van der Waals surface area contributed by atoms with Crippen LogP contribution in [0.4, 0.5) is 0 Å². The Bertz CT molecular complexity index is 726. The summed E-state index contributed by atoms with van der Waals surface area (Å²) in [6.07, 6.45) is 2.05. The van der Waals surface area contributed by atoms with Crippen molar-refractivity contribution < 1.29 is 14.3 Å². The standard InChI is InChI=1S/C19H20N2O3/c1-21(13-18(22)20-14-11-12-14)19(23)16-9-5-6-10-17(16)24-15-7-3-2-4-8-15/h2-10,14H,11-13H2,1H3,(H,20,22). The minimum Gasteiger partial charge on any atom is -0.457 e. The molecule has 1 N–H and O–H groups in total. The summed E-state index contributed by atoms with van der Waals surface area (Å²) in [5.41, 5.74) is 0.433. The summed E-state index contributed by atoms with van der Waals surface area (Å²) in [7, 11) is 1.62. The third-order valence-corrected chi connectivity index (χ3v) is 3.76. The van der Waals surface area contributed by atoms with Crippen molar-refractivity contribution in [3.8, 4) is 11.5 Å². The van der Waals surface area contributed by atoms with Crippen LogP contribution in [0.15, 0.2) is 54.6 Å². The zero-order valence-corrected chi connectivity index (χ0v) is 13.6. The minimum atomic E-state index is -0.243. The molecular weight excluding hydrogens is 304 g/mol. The Hall–Kier alpha value is -2.82. The Morgan fingerprint density at radius 2 is 1.75 bits per heavy atom. The van der Waals surface area contributed by atoms with E-state index in [1.807, 2.05) is 36.4 Å². The van der Waals surface area contributed by atoms with E-state index in [1.165, 1.54) is 4.90 Å². The number of rotatable bonds is 6. The lowest BCUT2D eigenvalue weighted by atomic mass is 10.1. The maximum atomic E-state index is 12.7. The average Bonchev–Trinajstić information content (AvgIpc) is 3.39. The highest BCUT2D eigenvalue weighted by molar-refractivity contribution is 5.98. The Morgan fingerprint density at radius 1 is 1.08 bits per heavy atom. The number of amides is 2. The summed E-state index contributed by atoms with van der Waals surface area (Å²) in [4.78, 5) is 25.9. The van der Waals surface area contributed by atoms with Gasteiger partial charge in [-0.15, -0.1) is 0 Å². The van der Waals surface area contributed by atoms with E-state index in [2.05, 4.69) is 5.32 Å². The van der Waals surface area contributed by atoms with Crippen molar-refractivity contribution in [3.05, 3.63) is 60.2 Å². The Kier molecular flexibility index (Phi) is 4.79. The fraction of sp³-hybridized carbons (Fsp3) is 0.263. The summed E-state index contributed by atoms with van der Waals surface area (Å²) in [5.74, 6) is 0.761. The lowest BCUT2D eigenvalue weighted by Gasteiger charge is -2.18. The van der Waals surface area contributed by atoms with E-state index in [1.54, 1.807) is 25.2 Å². The van der Waals surface area contributed by atoms with Crippen LogP contribution in [0.3, 0.4) is 0 Å². The summed E-state index contributed by atoms with van der Waals surface area (Å²) >= 11 is 0. The largest absolute Gasteiger partial charge is 0.457 e. The van der Waals surface area contributed by atoms with Crippen LogP contribution in [0.5, 0.6) is 11.5 Å². The number of ether oxygens (including phenoxy) is 1. The van der Waals surface area contributed by atoms with E-state index in [9.17, 15) is 9.59 Å². The van der Waals surface area contributed by atoms with Crippen molar-refractivity contribution in [2.45, 2.75) is 18.9 Å². The molecule has 5 nitrogen and oxygen atoms in total. The van der Waals surface area contributed by atoms with Crippen LogP contribution >= 0.6 is 0 Å². The molecule has 1 saturated carbocycles. The molecule has 2 aromatic carbocycles. The fourth-order valence-corrected chi connectivity index (χ4v) is 2.34. The van der Waals surface area contributed by atoms with Crippen LogP contribution in [-0.2, 0) is 4.79 Å². The second-order valence-corrected chi connectivity index (χ2v) is 5.91. The predicted octanol–water partition coefficient (Wildman–Crippen LogP) is 2.83. The molecule has 5 heteroatoms. The molecule has 0 spiro atoms. The van der Waals surface area contributed by atoms with Gasteiger partial charge in [-0.05, 0) is 37.1 Å². The number of carbonyl (C=O) groups is 2. The first kappa shape index (κ1) is 16.1. The van der Waals surface area contributed by atoms with Crippen molar-refractivity contribution in [2.24, 2.45) is 0 Å². The van der Waals surface area contributed by atoms with Gasteiger partial charge in [-0.1, -0.05) is 30.3 Å². The number of nitrogens with one attached hydrogen (secondary N) is 1. The number of carbonyl (C=O) groups excluding carboxylic acids is 2. The van der Waals surface area contributed by atoms with Gasteiger partial charge < -0.3 is 15.0 Å². The molecule has 1 fully saturated rings. The van der Waals surface area contributed by atoms with Gasteiger partial charge in [0, 0.05) is 13.1 Å². The van der Waals surface area contributed by atoms with Crippen molar-refractivity contribution in [1.29, 1.82) is 0 Å². The van der Waals surface area contributed by atoms with E-state index in [0.717, 1.165) is 12.8 Å². The maximum Gasteiger partial charge on any atom is 0.257 e. The van der Waals surface area contributed by atoms with Gasteiger partial charge in [0.05, 0.1) is 12.1 Å². The van der Waals surface area contributed by atoms with Crippen LogP contribution in [0.2, 0.25) is 0 Å². The van der Waals surface area contributed by atoms with Gasteiger partial charge in [-0.2, -0.15) is 0 Å². The monoisotopic (exact) mass is 324 g/mol. The Labute approximate surface area is 141 Å². The number of benzene rings is 2. The zero-order chi connectivity index (χ0) is 16.9. The molecule has 0 heterocycles. The first-order valence-corrected chi connectivity index (χ1v) is 8.00. The smallest absolute Gasteiger partial charge is 0.257 e. The van der Waals surface area contributed by atoms with E-state index in [0.29, 0.717) is 17.1 Å². The molecular formula is C19H20N2O3. The van der Waals surface area contributed by atoms with Crippen molar-refractivity contribution >= 4 is 11.8 Å². The van der Waals surface area contributed by atoms with Crippen LogP contribution in [0, 0.1) is 0 Å². The molecule has 0 aliphatic heterocycles. The molecule has 0 aromatic heterocycles. The average molecular weight is 324 g/mol. The molecule has 24 heavy (non-hydrogen) atoms. The third-order valence-electron chi connectivity index (χ3n) is 3.76. The van der Waals surface area contributed by atoms with Crippen LogP contribution < -0.4 is 10.1 Å². The first-order chi connectivity index (χ1) is 11.6. The predicted molar refractivity (Wildman–Crippen MR) is 91.1 cm³/mol. The molecule has 0 bridgehead atoms. The highest BCUT2D eigenvalue weighted by Gasteiger charge is 2.25. The SMILES string of the molecule is CN(CC(=O)NC1CC1)C(=O)c1ccccc1Oc1ccccc1. The molecule has 0 radical (unpaired) electrons. The summed E-state index contributed by atoms with van der Waals surface area (Å²) in [6.45, 7) is 0.0367. The highest BCUT2D eigenvalue weighted by Crippen LogP contribution is 2.26. The normalized spacial score (nSPS) is 13.2. The number of likely N-dealkylation sites (N-methyl/N-ethyl adjacent to an activating group) is 1. The van der Waals surface area contributed by atoms with E-state index in [-0.39, 0.29) is 24.4 Å². The maximum absolute atomic E-state index is 12.7. The summed E-state index contributed by atoms with van der Waals surface area (Å²) in [5, 5.41) is 2.88. The van der Waals surface area contributed by atoms with E-state index in [4.69, 9.17) is 4.74 Å². The fourth-order valence-electron chi connectivity index (χ4n) is 2.34. The molecule has 124 valence electrons. The van der Waals surface area contributed by atoms with Crippen molar-refractivity contribution in [1.82, 2.24) is 10.2 Å². The molecule has 0 unspecified atom stereocenters. The number of nitrogens with zero attached hydrogens (tertiary/aromatic N) is 1. The Morgan fingerprint density at radius 3 is 2.46 bits per heavy atom. The highest BCUT2D eigenvalue weighted by atomic mass is 16.5. The topological polar surface area (TPSA) is 58.6 Å². The van der Waals surface area contributed by atoms with Gasteiger partial charge in [0.25, 0.3) is 5.91 Å². The van der Waals surface area contributed by atoms with Gasteiger partial charge in [0.2, 0.25) is 5.91 Å². The van der Waals surface area contributed by atoms with Crippen molar-refractivity contribution in [3.63, 3.8) is 0 Å². The Balaban J connectivity index is 1.70. The summed E-state index contributed by atoms with van der Waals surface area (Å²) in [6, 6.07) is 16.6. The van der Waals surface area contributed by atoms with Crippen LogP contribution in [-0.4, -0.2) is 36.3 Å². The zero-order valence-electron chi connectivity index (χ0n) is 13.6. The first-order valence-electron chi connectivity index (χ1n) is 8.00. The molecule has 0 saturated heterocycles. The number of hydrogen-bond acceptors (Lipinski definition) is 3. The third kappa shape index (κ3) is 4.13. The second-order valence-electron chi connectivity index (χ2n) is 5.91. The van der Waals surface area contributed by atoms with Gasteiger partial charge in [0.15, 0.2) is 0 Å². The van der Waals surface area contributed by atoms with Gasteiger partial charge >= 0.3 is 0 Å². The molecule has 1 aliphatic rings. The van der Waals surface area contributed by atoms with Gasteiger partial charge in [-0.3, -0.25) is 9.59 Å². The van der Waals surface area contributed by atoms with E-state index < -0.39 is 0 Å². The quantitative estimate of drug-likeness (QED) is 0.889. The molecule has 2 amide bonds. The number of para-hydroxylation sites is 2. The second kappa shape index (κ2) is 7.17. The minimum absolute atomic E-state index is 0.0367. The molecule has 3 rings (SSSR count). The molecule has 0 atom stereocenters. The van der Waals surface area contributed by atoms with Crippen LogP contribution in [0.25, 0.3) is 0 Å². The van der Waals surface area contributed by atoms with E-state index >= 15 is 0 Å². The summed E-state index contributed by atoms with van der Waals surface area (Å²) < 4.78 is 5.81.